The summed E-state index contributed by atoms with van der Waals surface area (Å²) >= 11 is 0. The average molecular weight is 247 g/mol. The maximum atomic E-state index is 14.8. The highest BCUT2D eigenvalue weighted by molar-refractivity contribution is 5.77. The molecule has 0 radical (unpaired) electrons. The Morgan fingerprint density at radius 1 is 1.56 bits per heavy atom. The van der Waals surface area contributed by atoms with Crippen molar-refractivity contribution >= 4 is 11.5 Å². The molecule has 2 nitrogen and oxygen atoms in total. The highest BCUT2D eigenvalue weighted by Crippen LogP contribution is 2.40. The predicted molar refractivity (Wildman–Crippen MR) is 71.1 cm³/mol. The minimum absolute atomic E-state index is 0.00848. The van der Waals surface area contributed by atoms with E-state index in [-0.39, 0.29) is 12.5 Å². The van der Waals surface area contributed by atoms with Gasteiger partial charge in [0, 0.05) is 6.92 Å². The molecule has 0 bridgehead atoms. The Labute approximate surface area is 107 Å². The van der Waals surface area contributed by atoms with Crippen molar-refractivity contribution in [3.05, 3.63) is 41.5 Å². The molecule has 0 fully saturated rings. The van der Waals surface area contributed by atoms with Crippen molar-refractivity contribution in [2.24, 2.45) is 0 Å². The molecule has 0 aliphatic heterocycles. The Kier molecular flexibility index (Phi) is 3.24. The lowest BCUT2D eigenvalue weighted by Gasteiger charge is -2.34. The van der Waals surface area contributed by atoms with E-state index in [0.717, 1.165) is 5.56 Å². The SMILES string of the molecule is C=C1c2cccc(C)c2CC[C@]1(F)CNC(C)=O. The van der Waals surface area contributed by atoms with Gasteiger partial charge in [-0.25, -0.2) is 4.39 Å². The van der Waals surface area contributed by atoms with E-state index in [0.29, 0.717) is 18.4 Å². The Morgan fingerprint density at radius 3 is 2.94 bits per heavy atom. The zero-order valence-corrected chi connectivity index (χ0v) is 10.8. The van der Waals surface area contributed by atoms with E-state index in [4.69, 9.17) is 0 Å². The molecular weight excluding hydrogens is 229 g/mol. The van der Waals surface area contributed by atoms with Crippen LogP contribution in [-0.2, 0) is 11.2 Å². The van der Waals surface area contributed by atoms with E-state index in [1.165, 1.54) is 18.1 Å². The Morgan fingerprint density at radius 2 is 2.28 bits per heavy atom. The van der Waals surface area contributed by atoms with E-state index in [2.05, 4.69) is 11.9 Å². The molecule has 3 heteroatoms. The first kappa shape index (κ1) is 12.8. The standard InChI is InChI=1S/C15H18FNO/c1-10-5-4-6-14-11(2)15(16,8-7-13(10)14)9-17-12(3)18/h4-6H,2,7-9H2,1,3H3,(H,17,18)/t15-/m0/s1. The first-order valence-electron chi connectivity index (χ1n) is 6.15. The van der Waals surface area contributed by atoms with Crippen molar-refractivity contribution < 1.29 is 9.18 Å². The summed E-state index contributed by atoms with van der Waals surface area (Å²) in [5.74, 6) is -0.213. The van der Waals surface area contributed by atoms with Crippen molar-refractivity contribution in [3.63, 3.8) is 0 Å². The summed E-state index contributed by atoms with van der Waals surface area (Å²) in [5, 5.41) is 2.56. The normalized spacial score (nSPS) is 22.5. The van der Waals surface area contributed by atoms with Crippen LogP contribution in [0.25, 0.3) is 5.57 Å². The van der Waals surface area contributed by atoms with Gasteiger partial charge in [0.25, 0.3) is 0 Å². The van der Waals surface area contributed by atoms with Gasteiger partial charge in [0.05, 0.1) is 6.54 Å². The summed E-state index contributed by atoms with van der Waals surface area (Å²) in [6, 6.07) is 5.86. The largest absolute Gasteiger partial charge is 0.353 e. The van der Waals surface area contributed by atoms with Gasteiger partial charge in [0.2, 0.25) is 5.91 Å². The topological polar surface area (TPSA) is 29.1 Å². The van der Waals surface area contributed by atoms with E-state index in [1.54, 1.807) is 0 Å². The lowest BCUT2D eigenvalue weighted by molar-refractivity contribution is -0.119. The number of amides is 1. The monoisotopic (exact) mass is 247 g/mol. The molecule has 1 N–H and O–H groups in total. The fourth-order valence-corrected chi connectivity index (χ4v) is 2.49. The maximum absolute atomic E-state index is 14.8. The number of nitrogens with one attached hydrogen (secondary N) is 1. The molecule has 1 amide bonds. The molecule has 1 aromatic carbocycles. The number of hydrogen-bond acceptors (Lipinski definition) is 1. The van der Waals surface area contributed by atoms with Gasteiger partial charge in [-0.2, -0.15) is 0 Å². The fourth-order valence-electron chi connectivity index (χ4n) is 2.49. The quantitative estimate of drug-likeness (QED) is 0.855. The first-order valence-corrected chi connectivity index (χ1v) is 6.15. The van der Waals surface area contributed by atoms with Crippen LogP contribution in [0.2, 0.25) is 0 Å². The Bertz CT molecular complexity index is 509. The van der Waals surface area contributed by atoms with Gasteiger partial charge >= 0.3 is 0 Å². The van der Waals surface area contributed by atoms with E-state index in [9.17, 15) is 9.18 Å². The van der Waals surface area contributed by atoms with Gasteiger partial charge in [-0.3, -0.25) is 4.79 Å². The molecular formula is C15H18FNO. The number of carbonyl (C=O) groups is 1. The van der Waals surface area contributed by atoms with E-state index < -0.39 is 5.67 Å². The molecule has 0 heterocycles. The van der Waals surface area contributed by atoms with Crippen LogP contribution in [-0.4, -0.2) is 18.1 Å². The van der Waals surface area contributed by atoms with Crippen molar-refractivity contribution in [2.45, 2.75) is 32.4 Å². The summed E-state index contributed by atoms with van der Waals surface area (Å²) in [7, 11) is 0. The van der Waals surface area contributed by atoms with Crippen LogP contribution in [0.5, 0.6) is 0 Å². The zero-order valence-electron chi connectivity index (χ0n) is 10.8. The Hall–Kier alpha value is -1.64. The number of carbonyl (C=O) groups excluding carboxylic acids is 1. The number of alkyl halides is 1. The summed E-state index contributed by atoms with van der Waals surface area (Å²) < 4.78 is 14.8. The van der Waals surface area contributed by atoms with Gasteiger partial charge in [0.1, 0.15) is 0 Å². The third kappa shape index (κ3) is 2.17. The minimum atomic E-state index is -1.52. The highest BCUT2D eigenvalue weighted by Gasteiger charge is 2.38. The van der Waals surface area contributed by atoms with Gasteiger partial charge in [-0.05, 0) is 42.0 Å². The lowest BCUT2D eigenvalue weighted by Crippen LogP contribution is -2.41. The van der Waals surface area contributed by atoms with Crippen LogP contribution in [0.15, 0.2) is 24.8 Å². The predicted octanol–water partition coefficient (Wildman–Crippen LogP) is 2.80. The van der Waals surface area contributed by atoms with Crippen LogP contribution >= 0.6 is 0 Å². The third-order valence-electron chi connectivity index (χ3n) is 3.67. The van der Waals surface area contributed by atoms with Crippen molar-refractivity contribution in [2.75, 3.05) is 6.54 Å². The second kappa shape index (κ2) is 4.56. The van der Waals surface area contributed by atoms with E-state index in [1.807, 2.05) is 25.1 Å². The van der Waals surface area contributed by atoms with E-state index >= 15 is 0 Å². The smallest absolute Gasteiger partial charge is 0.216 e. The van der Waals surface area contributed by atoms with Gasteiger partial charge < -0.3 is 5.32 Å². The van der Waals surface area contributed by atoms with Crippen molar-refractivity contribution in [1.29, 1.82) is 0 Å². The third-order valence-corrected chi connectivity index (χ3v) is 3.67. The average Bonchev–Trinajstić information content (AvgIpc) is 2.33. The van der Waals surface area contributed by atoms with Crippen LogP contribution < -0.4 is 5.32 Å². The van der Waals surface area contributed by atoms with Crippen LogP contribution in [0.3, 0.4) is 0 Å². The van der Waals surface area contributed by atoms with Gasteiger partial charge in [0.15, 0.2) is 5.67 Å². The molecule has 0 spiro atoms. The van der Waals surface area contributed by atoms with Gasteiger partial charge in [-0.15, -0.1) is 0 Å². The first-order chi connectivity index (χ1) is 8.44. The summed E-state index contributed by atoms with van der Waals surface area (Å²) in [6.07, 6.45) is 1.07. The molecule has 2 rings (SSSR count). The molecule has 0 saturated heterocycles. The molecule has 18 heavy (non-hydrogen) atoms. The number of rotatable bonds is 2. The van der Waals surface area contributed by atoms with Crippen LogP contribution in [0.1, 0.15) is 30.0 Å². The summed E-state index contributed by atoms with van der Waals surface area (Å²) in [6.45, 7) is 7.34. The van der Waals surface area contributed by atoms with Gasteiger partial charge in [-0.1, -0.05) is 24.8 Å². The molecule has 96 valence electrons. The van der Waals surface area contributed by atoms with Crippen molar-refractivity contribution in [3.8, 4) is 0 Å². The fraction of sp³-hybridized carbons (Fsp3) is 0.400. The molecule has 1 aliphatic rings. The molecule has 1 atom stereocenters. The van der Waals surface area contributed by atoms with Crippen molar-refractivity contribution in [1.82, 2.24) is 5.32 Å². The molecule has 0 saturated carbocycles. The second-order valence-electron chi connectivity index (χ2n) is 4.95. The molecule has 0 unspecified atom stereocenters. The molecule has 0 aromatic heterocycles. The minimum Gasteiger partial charge on any atom is -0.353 e. The highest BCUT2D eigenvalue weighted by atomic mass is 19.1. The molecule has 1 aromatic rings. The number of fused-ring (bicyclic) bond motifs is 1. The second-order valence-corrected chi connectivity index (χ2v) is 4.95. The lowest BCUT2D eigenvalue weighted by atomic mass is 9.76. The van der Waals surface area contributed by atoms with Crippen LogP contribution in [0, 0.1) is 6.92 Å². The van der Waals surface area contributed by atoms with Crippen LogP contribution in [0.4, 0.5) is 4.39 Å². The summed E-state index contributed by atoms with van der Waals surface area (Å²) in [5.41, 5.74) is 2.22. The number of halogens is 1. The number of hydrogen-bond donors (Lipinski definition) is 1. The zero-order chi connectivity index (χ0) is 13.3. The Balaban J connectivity index is 2.30. The number of aryl methyl sites for hydroxylation is 1. The summed E-state index contributed by atoms with van der Waals surface area (Å²) in [4.78, 5) is 10.9. The maximum Gasteiger partial charge on any atom is 0.216 e. The number of benzene rings is 1. The molecule has 1 aliphatic carbocycles.